The third kappa shape index (κ3) is 3.62. The average Bonchev–Trinajstić information content (AvgIpc) is 2.47. The van der Waals surface area contributed by atoms with Crippen LogP contribution in [-0.2, 0) is 4.79 Å². The van der Waals surface area contributed by atoms with Crippen molar-refractivity contribution < 1.29 is 19.7 Å². The number of carbonyl (C=O) groups is 1. The molecule has 0 unspecified atom stereocenters. The van der Waals surface area contributed by atoms with Gasteiger partial charge < -0.3 is 14.9 Å². The maximum Gasteiger partial charge on any atom is 0.314 e. The van der Waals surface area contributed by atoms with E-state index in [-0.39, 0.29) is 0 Å². The molecular weight excluding hydrogens is 336 g/mol. The highest BCUT2D eigenvalue weighted by atomic mass is 79.9. The normalized spacial score (nSPS) is 13.5. The number of methoxy groups -OCH3 is 1. The van der Waals surface area contributed by atoms with Gasteiger partial charge in [0.1, 0.15) is 11.7 Å². The lowest BCUT2D eigenvalue weighted by molar-refractivity contribution is -0.141. The van der Waals surface area contributed by atoms with Gasteiger partial charge in [-0.2, -0.15) is 0 Å². The van der Waals surface area contributed by atoms with Crippen LogP contribution in [0.3, 0.4) is 0 Å². The van der Waals surface area contributed by atoms with Crippen molar-refractivity contribution in [1.29, 1.82) is 0 Å². The van der Waals surface area contributed by atoms with Crippen molar-refractivity contribution in [3.63, 3.8) is 0 Å². The molecule has 0 spiro atoms. The Bertz CT molecular complexity index is 642. The first-order valence-electron chi connectivity index (χ1n) is 6.33. The largest absolute Gasteiger partial charge is 0.497 e. The summed E-state index contributed by atoms with van der Waals surface area (Å²) in [6, 6.07) is 13.7. The van der Waals surface area contributed by atoms with E-state index in [1.807, 2.05) is 0 Å². The summed E-state index contributed by atoms with van der Waals surface area (Å²) in [4.78, 5) is 11.6. The summed E-state index contributed by atoms with van der Waals surface area (Å²) in [6.45, 7) is 0. The molecule has 5 heteroatoms. The predicted molar refractivity (Wildman–Crippen MR) is 82.5 cm³/mol. The highest BCUT2D eigenvalue weighted by Gasteiger charge is 2.29. The van der Waals surface area contributed by atoms with E-state index in [1.165, 1.54) is 7.11 Å². The molecule has 0 aromatic heterocycles. The molecule has 2 N–H and O–H groups in total. The van der Waals surface area contributed by atoms with Gasteiger partial charge in [-0.3, -0.25) is 4.79 Å². The molecular formula is C16H15BrO4. The molecule has 0 aliphatic carbocycles. The smallest absolute Gasteiger partial charge is 0.314 e. The minimum absolute atomic E-state index is 0.502. The van der Waals surface area contributed by atoms with Gasteiger partial charge in [0, 0.05) is 4.47 Å². The van der Waals surface area contributed by atoms with Crippen LogP contribution in [0.1, 0.15) is 23.1 Å². The minimum Gasteiger partial charge on any atom is -0.497 e. The van der Waals surface area contributed by atoms with Crippen molar-refractivity contribution in [2.24, 2.45) is 0 Å². The quantitative estimate of drug-likeness (QED) is 0.867. The van der Waals surface area contributed by atoms with Crippen LogP contribution in [0.4, 0.5) is 0 Å². The van der Waals surface area contributed by atoms with Crippen molar-refractivity contribution in [2.75, 3.05) is 7.11 Å². The van der Waals surface area contributed by atoms with Crippen molar-refractivity contribution in [2.45, 2.75) is 12.0 Å². The number of hydrogen-bond donors (Lipinski definition) is 2. The average molecular weight is 351 g/mol. The number of benzene rings is 2. The molecule has 0 radical (unpaired) electrons. The highest BCUT2D eigenvalue weighted by molar-refractivity contribution is 9.10. The van der Waals surface area contributed by atoms with Gasteiger partial charge in [-0.25, -0.2) is 0 Å². The molecule has 0 amide bonds. The van der Waals surface area contributed by atoms with Crippen molar-refractivity contribution in [3.8, 4) is 5.75 Å². The fourth-order valence-electron chi connectivity index (χ4n) is 2.18. The van der Waals surface area contributed by atoms with Crippen LogP contribution in [0.5, 0.6) is 5.75 Å². The number of carboxylic acids is 1. The van der Waals surface area contributed by atoms with Crippen LogP contribution in [0, 0.1) is 0 Å². The molecule has 0 heterocycles. The van der Waals surface area contributed by atoms with E-state index in [0.717, 1.165) is 4.47 Å². The summed E-state index contributed by atoms with van der Waals surface area (Å²) >= 11 is 3.31. The molecule has 21 heavy (non-hydrogen) atoms. The Morgan fingerprint density at radius 3 is 2.43 bits per heavy atom. The molecule has 0 saturated heterocycles. The first-order valence-corrected chi connectivity index (χ1v) is 7.12. The number of aliphatic carboxylic acids is 1. The molecule has 2 atom stereocenters. The molecule has 0 aliphatic rings. The van der Waals surface area contributed by atoms with E-state index < -0.39 is 18.0 Å². The summed E-state index contributed by atoms with van der Waals surface area (Å²) in [5.74, 6) is -1.55. The van der Waals surface area contributed by atoms with Gasteiger partial charge >= 0.3 is 5.97 Å². The van der Waals surface area contributed by atoms with Crippen LogP contribution in [0.15, 0.2) is 53.0 Å². The Hall–Kier alpha value is -1.85. The topological polar surface area (TPSA) is 66.8 Å². The van der Waals surface area contributed by atoms with Crippen LogP contribution in [0.25, 0.3) is 0 Å². The molecule has 0 fully saturated rings. The third-order valence-electron chi connectivity index (χ3n) is 3.22. The number of carboxylic acid groups (broad SMARTS) is 1. The summed E-state index contributed by atoms with van der Waals surface area (Å²) in [6.07, 6.45) is -1.16. The van der Waals surface area contributed by atoms with Crippen molar-refractivity contribution >= 4 is 21.9 Å². The summed E-state index contributed by atoms with van der Waals surface area (Å²) in [5, 5.41) is 19.9. The summed E-state index contributed by atoms with van der Waals surface area (Å²) < 4.78 is 5.87. The molecule has 2 aromatic rings. The minimum atomic E-state index is -1.16. The number of aliphatic hydroxyl groups is 1. The van der Waals surface area contributed by atoms with E-state index in [4.69, 9.17) is 4.74 Å². The zero-order valence-electron chi connectivity index (χ0n) is 11.4. The molecule has 2 rings (SSSR count). The first kappa shape index (κ1) is 15.5. The molecule has 110 valence electrons. The first-order chi connectivity index (χ1) is 10.0. The second kappa shape index (κ2) is 6.74. The summed E-state index contributed by atoms with van der Waals surface area (Å²) in [7, 11) is 1.52. The lowest BCUT2D eigenvalue weighted by Crippen LogP contribution is -2.20. The van der Waals surface area contributed by atoms with Gasteiger partial charge in [-0.05, 0) is 35.4 Å². The number of ether oxygens (including phenoxy) is 1. The molecule has 2 aromatic carbocycles. The zero-order chi connectivity index (χ0) is 15.4. The monoisotopic (exact) mass is 350 g/mol. The lowest BCUT2D eigenvalue weighted by Gasteiger charge is -2.20. The van der Waals surface area contributed by atoms with Crippen molar-refractivity contribution in [3.05, 3.63) is 64.1 Å². The predicted octanol–water partition coefficient (Wildman–Crippen LogP) is 3.36. The number of halogens is 1. The van der Waals surface area contributed by atoms with Crippen molar-refractivity contribution in [1.82, 2.24) is 0 Å². The fraction of sp³-hybridized carbons (Fsp3) is 0.188. The Balaban J connectivity index is 2.40. The molecule has 0 saturated carbocycles. The number of aliphatic hydroxyl groups excluding tert-OH is 1. The molecule has 0 bridgehead atoms. The van der Waals surface area contributed by atoms with Gasteiger partial charge in [0.25, 0.3) is 0 Å². The Kier molecular flexibility index (Phi) is 4.98. The van der Waals surface area contributed by atoms with E-state index in [1.54, 1.807) is 48.5 Å². The summed E-state index contributed by atoms with van der Waals surface area (Å²) in [5.41, 5.74) is 1.04. The second-order valence-electron chi connectivity index (χ2n) is 4.59. The van der Waals surface area contributed by atoms with Crippen LogP contribution in [0.2, 0.25) is 0 Å². The lowest BCUT2D eigenvalue weighted by atomic mass is 9.89. The molecule has 0 aliphatic heterocycles. The van der Waals surface area contributed by atoms with E-state index in [0.29, 0.717) is 16.9 Å². The van der Waals surface area contributed by atoms with Crippen LogP contribution in [-0.4, -0.2) is 23.3 Å². The highest BCUT2D eigenvalue weighted by Crippen LogP contribution is 2.33. The third-order valence-corrected chi connectivity index (χ3v) is 3.72. The van der Waals surface area contributed by atoms with Gasteiger partial charge in [0.15, 0.2) is 0 Å². The standard InChI is InChI=1S/C16H15BrO4/c1-21-13-7-3-5-11(9-13)15(18)14(16(19)20)10-4-2-6-12(17)8-10/h2-9,14-15,18H,1H3,(H,19,20)/t14-,15+/m1/s1. The van der Waals surface area contributed by atoms with Crippen LogP contribution >= 0.6 is 15.9 Å². The maximum absolute atomic E-state index is 11.6. The van der Waals surface area contributed by atoms with Gasteiger partial charge in [-0.1, -0.05) is 40.2 Å². The van der Waals surface area contributed by atoms with E-state index >= 15 is 0 Å². The number of hydrogen-bond acceptors (Lipinski definition) is 3. The molecule has 4 nitrogen and oxygen atoms in total. The zero-order valence-corrected chi connectivity index (χ0v) is 12.9. The van der Waals surface area contributed by atoms with Gasteiger partial charge in [0.05, 0.1) is 13.2 Å². The second-order valence-corrected chi connectivity index (χ2v) is 5.51. The Labute approximate surface area is 131 Å². The van der Waals surface area contributed by atoms with E-state index in [9.17, 15) is 15.0 Å². The Morgan fingerprint density at radius 1 is 1.14 bits per heavy atom. The van der Waals surface area contributed by atoms with Gasteiger partial charge in [-0.15, -0.1) is 0 Å². The fourth-order valence-corrected chi connectivity index (χ4v) is 2.59. The number of rotatable bonds is 5. The SMILES string of the molecule is COc1cccc([C@H](O)[C@H](C(=O)O)c2cccc(Br)c2)c1. The van der Waals surface area contributed by atoms with E-state index in [2.05, 4.69) is 15.9 Å². The van der Waals surface area contributed by atoms with Gasteiger partial charge in [0.2, 0.25) is 0 Å². The van der Waals surface area contributed by atoms with Crippen LogP contribution < -0.4 is 4.74 Å². The maximum atomic E-state index is 11.6. The Morgan fingerprint density at radius 2 is 1.81 bits per heavy atom.